The normalized spacial score (nSPS) is 10.8. The molecule has 1 N–H and O–H groups in total. The molecule has 0 saturated carbocycles. The zero-order chi connectivity index (χ0) is 21.6. The van der Waals surface area contributed by atoms with Crippen LogP contribution in [-0.2, 0) is 11.2 Å². The molecule has 0 fully saturated rings. The highest BCUT2D eigenvalue weighted by Crippen LogP contribution is 2.32. The number of ether oxygens (including phenoxy) is 1. The summed E-state index contributed by atoms with van der Waals surface area (Å²) in [6.07, 6.45) is 0.579. The summed E-state index contributed by atoms with van der Waals surface area (Å²) in [6.45, 7) is 4.54. The van der Waals surface area contributed by atoms with Gasteiger partial charge in [0, 0.05) is 29.3 Å². The van der Waals surface area contributed by atoms with Crippen molar-refractivity contribution in [3.8, 4) is 28.5 Å². The monoisotopic (exact) mass is 434 g/mol. The Balaban J connectivity index is 1.35. The van der Waals surface area contributed by atoms with Crippen molar-refractivity contribution in [1.29, 1.82) is 0 Å². The molecule has 0 aliphatic heterocycles. The largest absolute Gasteiger partial charge is 0.493 e. The number of carbonyl (C=O) groups excluding carboxylic acids is 1. The van der Waals surface area contributed by atoms with Crippen LogP contribution in [0.25, 0.3) is 22.7 Å². The zero-order valence-corrected chi connectivity index (χ0v) is 18.1. The van der Waals surface area contributed by atoms with Crippen molar-refractivity contribution in [2.24, 2.45) is 0 Å². The Morgan fingerprint density at radius 2 is 1.94 bits per heavy atom. The van der Waals surface area contributed by atoms with E-state index in [1.165, 1.54) is 11.3 Å². The number of rotatable bonds is 8. The maximum atomic E-state index is 12.4. The first-order chi connectivity index (χ1) is 15.1. The van der Waals surface area contributed by atoms with Crippen LogP contribution < -0.4 is 10.1 Å². The van der Waals surface area contributed by atoms with Gasteiger partial charge in [-0.1, -0.05) is 29.8 Å². The van der Waals surface area contributed by atoms with Crippen LogP contribution in [0.1, 0.15) is 24.8 Å². The predicted molar refractivity (Wildman–Crippen MR) is 120 cm³/mol. The van der Waals surface area contributed by atoms with Gasteiger partial charge in [-0.2, -0.15) is 0 Å². The number of hydrogen-bond donors (Lipinski definition) is 1. The number of benzene rings is 2. The summed E-state index contributed by atoms with van der Waals surface area (Å²) in [7, 11) is 0. The van der Waals surface area contributed by atoms with Crippen LogP contribution in [0, 0.1) is 6.92 Å². The van der Waals surface area contributed by atoms with Crippen LogP contribution in [0.4, 0.5) is 5.13 Å². The lowest BCUT2D eigenvalue weighted by molar-refractivity contribution is -0.116. The fourth-order valence-electron chi connectivity index (χ4n) is 2.98. The summed E-state index contributed by atoms with van der Waals surface area (Å²) < 4.78 is 11.3. The molecule has 31 heavy (non-hydrogen) atoms. The number of aryl methyl sites for hydroxylation is 2. The van der Waals surface area contributed by atoms with E-state index in [1.807, 2.05) is 67.8 Å². The Bertz CT molecular complexity index is 1170. The Morgan fingerprint density at radius 1 is 1.13 bits per heavy atom. The van der Waals surface area contributed by atoms with Crippen LogP contribution in [-0.4, -0.2) is 27.7 Å². The highest BCUT2D eigenvalue weighted by atomic mass is 32.1. The molecule has 0 aliphatic rings. The second-order valence-corrected chi connectivity index (χ2v) is 7.74. The Labute approximate surface area is 184 Å². The molecule has 0 unspecified atom stereocenters. The topological polar surface area (TPSA) is 90.1 Å². The lowest BCUT2D eigenvalue weighted by Gasteiger charge is -2.07. The number of para-hydroxylation sites is 1. The van der Waals surface area contributed by atoms with E-state index in [0.717, 1.165) is 28.1 Å². The molecule has 2 aromatic carbocycles. The third kappa shape index (κ3) is 5.16. The fraction of sp³-hybridized carbons (Fsp3) is 0.217. The molecule has 4 rings (SSSR count). The van der Waals surface area contributed by atoms with Gasteiger partial charge in [0.2, 0.25) is 17.7 Å². The van der Waals surface area contributed by atoms with E-state index in [4.69, 9.17) is 9.15 Å². The van der Waals surface area contributed by atoms with E-state index in [9.17, 15) is 4.79 Å². The SMILES string of the molecule is CCOc1ccccc1-c1csc(NC(=O)CCc2nnc(-c3ccc(C)cc3)o2)n1. The van der Waals surface area contributed by atoms with Gasteiger partial charge in [0.1, 0.15) is 5.75 Å². The zero-order valence-electron chi connectivity index (χ0n) is 17.3. The van der Waals surface area contributed by atoms with Crippen molar-refractivity contribution in [3.63, 3.8) is 0 Å². The second kappa shape index (κ2) is 9.53. The molecule has 158 valence electrons. The number of anilines is 1. The molecule has 4 aromatic rings. The van der Waals surface area contributed by atoms with Crippen LogP contribution in [0.15, 0.2) is 58.3 Å². The molecule has 0 atom stereocenters. The quantitative estimate of drug-likeness (QED) is 0.413. The molecule has 0 radical (unpaired) electrons. The summed E-state index contributed by atoms with van der Waals surface area (Å²) in [5, 5.41) is 13.4. The number of nitrogens with one attached hydrogen (secondary N) is 1. The molecule has 1 amide bonds. The highest BCUT2D eigenvalue weighted by Gasteiger charge is 2.14. The van der Waals surface area contributed by atoms with Crippen LogP contribution >= 0.6 is 11.3 Å². The van der Waals surface area contributed by atoms with Gasteiger partial charge >= 0.3 is 0 Å². The molecule has 8 heteroatoms. The Morgan fingerprint density at radius 3 is 2.74 bits per heavy atom. The lowest BCUT2D eigenvalue weighted by atomic mass is 10.1. The average molecular weight is 435 g/mol. The minimum absolute atomic E-state index is 0.158. The van der Waals surface area contributed by atoms with Crippen molar-refractivity contribution in [1.82, 2.24) is 15.2 Å². The van der Waals surface area contributed by atoms with Gasteiger partial charge in [-0.05, 0) is 38.1 Å². The molecular weight excluding hydrogens is 412 g/mol. The van der Waals surface area contributed by atoms with E-state index < -0.39 is 0 Å². The minimum Gasteiger partial charge on any atom is -0.493 e. The summed E-state index contributed by atoms with van der Waals surface area (Å²) in [5.74, 6) is 1.49. The van der Waals surface area contributed by atoms with Gasteiger partial charge in [0.15, 0.2) is 5.13 Å². The van der Waals surface area contributed by atoms with Crippen molar-refractivity contribution in [2.45, 2.75) is 26.7 Å². The van der Waals surface area contributed by atoms with Gasteiger partial charge in [0.05, 0.1) is 12.3 Å². The average Bonchev–Trinajstić information content (AvgIpc) is 3.43. The summed E-state index contributed by atoms with van der Waals surface area (Å²) >= 11 is 1.37. The molecule has 7 nitrogen and oxygen atoms in total. The minimum atomic E-state index is -0.158. The number of thiazole rings is 1. The first kappa shape index (κ1) is 20.7. The molecule has 0 saturated heterocycles. The number of carbonyl (C=O) groups is 1. The molecule has 0 aliphatic carbocycles. The maximum Gasteiger partial charge on any atom is 0.247 e. The second-order valence-electron chi connectivity index (χ2n) is 6.88. The van der Waals surface area contributed by atoms with Gasteiger partial charge in [0.25, 0.3) is 0 Å². The molecule has 0 bridgehead atoms. The molecular formula is C23H22N4O3S. The van der Waals surface area contributed by atoms with E-state index in [1.54, 1.807) is 0 Å². The fourth-order valence-corrected chi connectivity index (χ4v) is 3.71. The van der Waals surface area contributed by atoms with E-state index >= 15 is 0 Å². The summed E-state index contributed by atoms with van der Waals surface area (Å²) in [5.41, 5.74) is 3.68. The van der Waals surface area contributed by atoms with E-state index in [-0.39, 0.29) is 12.3 Å². The van der Waals surface area contributed by atoms with Crippen molar-refractivity contribution in [2.75, 3.05) is 11.9 Å². The smallest absolute Gasteiger partial charge is 0.247 e. The lowest BCUT2D eigenvalue weighted by Crippen LogP contribution is -2.12. The third-order valence-electron chi connectivity index (χ3n) is 4.54. The predicted octanol–water partition coefficient (Wildman–Crippen LogP) is 5.14. The number of aromatic nitrogens is 3. The Hall–Kier alpha value is -3.52. The molecule has 2 heterocycles. The van der Waals surface area contributed by atoms with Crippen LogP contribution in [0.5, 0.6) is 5.75 Å². The highest BCUT2D eigenvalue weighted by molar-refractivity contribution is 7.14. The maximum absolute atomic E-state index is 12.4. The first-order valence-electron chi connectivity index (χ1n) is 9.99. The standard InChI is InChI=1S/C23H22N4O3S/c1-3-29-19-7-5-4-6-17(19)18-14-31-23(24-18)25-20(28)12-13-21-26-27-22(30-21)16-10-8-15(2)9-11-16/h4-11,14H,3,12-13H2,1-2H3,(H,24,25,28). The summed E-state index contributed by atoms with van der Waals surface area (Å²) in [4.78, 5) is 16.9. The van der Waals surface area contributed by atoms with E-state index in [2.05, 4.69) is 20.5 Å². The summed E-state index contributed by atoms with van der Waals surface area (Å²) in [6, 6.07) is 15.6. The van der Waals surface area contributed by atoms with Gasteiger partial charge in [-0.25, -0.2) is 4.98 Å². The molecule has 2 aromatic heterocycles. The number of hydrogen-bond acceptors (Lipinski definition) is 7. The van der Waals surface area contributed by atoms with Crippen molar-refractivity contribution in [3.05, 3.63) is 65.4 Å². The van der Waals surface area contributed by atoms with E-state index in [0.29, 0.717) is 29.9 Å². The third-order valence-corrected chi connectivity index (χ3v) is 5.30. The van der Waals surface area contributed by atoms with Crippen molar-refractivity contribution < 1.29 is 13.9 Å². The Kier molecular flexibility index (Phi) is 6.37. The first-order valence-corrected chi connectivity index (χ1v) is 10.9. The number of amides is 1. The van der Waals surface area contributed by atoms with Gasteiger partial charge in [-0.3, -0.25) is 4.79 Å². The van der Waals surface area contributed by atoms with Crippen molar-refractivity contribution >= 4 is 22.4 Å². The molecule has 0 spiro atoms. The van der Waals surface area contributed by atoms with Crippen LogP contribution in [0.3, 0.4) is 0 Å². The van der Waals surface area contributed by atoms with Crippen LogP contribution in [0.2, 0.25) is 0 Å². The van der Waals surface area contributed by atoms with Gasteiger partial charge in [-0.15, -0.1) is 21.5 Å². The van der Waals surface area contributed by atoms with Gasteiger partial charge < -0.3 is 14.5 Å². The number of nitrogens with zero attached hydrogens (tertiary/aromatic N) is 3.